The van der Waals surface area contributed by atoms with E-state index in [1.165, 1.54) is 11.2 Å². The summed E-state index contributed by atoms with van der Waals surface area (Å²) in [7, 11) is 1.63. The highest BCUT2D eigenvalue weighted by Gasteiger charge is 2.19. The number of nitrogens with two attached hydrogens (primary N) is 2. The number of ether oxygens (including phenoxy) is 2. The van der Waals surface area contributed by atoms with Gasteiger partial charge in [0.1, 0.15) is 10.3 Å². The first-order valence-corrected chi connectivity index (χ1v) is 8.50. The number of nitrogens with zero attached hydrogens (tertiary/aromatic N) is 3. The summed E-state index contributed by atoms with van der Waals surface area (Å²) in [6, 6.07) is 0. The van der Waals surface area contributed by atoms with Crippen molar-refractivity contribution in [3.05, 3.63) is 27.9 Å². The van der Waals surface area contributed by atoms with Crippen LogP contribution in [0.3, 0.4) is 0 Å². The molecule has 0 aliphatic carbocycles. The van der Waals surface area contributed by atoms with Crippen molar-refractivity contribution >= 4 is 38.5 Å². The lowest BCUT2D eigenvalue weighted by molar-refractivity contribution is -0.158. The van der Waals surface area contributed by atoms with Gasteiger partial charge in [-0.25, -0.2) is 15.8 Å². The number of hydrogen-bond donors (Lipinski definition) is 2. The maximum Gasteiger partial charge on any atom is 0.273 e. The van der Waals surface area contributed by atoms with Crippen LogP contribution in [0, 0.1) is 0 Å². The Bertz CT molecular complexity index is 635. The third-order valence-electron chi connectivity index (χ3n) is 3.47. The van der Waals surface area contributed by atoms with Crippen molar-refractivity contribution in [2.75, 3.05) is 20.3 Å². The van der Waals surface area contributed by atoms with E-state index >= 15 is 0 Å². The molecule has 0 amide bonds. The second-order valence-corrected chi connectivity index (χ2v) is 6.34. The predicted molar refractivity (Wildman–Crippen MR) is 92.5 cm³/mol. The van der Waals surface area contributed by atoms with Gasteiger partial charge in [0.2, 0.25) is 0 Å². The van der Waals surface area contributed by atoms with E-state index in [-0.39, 0.29) is 34.6 Å². The second kappa shape index (κ2) is 8.72. The summed E-state index contributed by atoms with van der Waals surface area (Å²) < 4.78 is 11.5. The van der Waals surface area contributed by atoms with Crippen LogP contribution in [0.5, 0.6) is 0 Å². The van der Waals surface area contributed by atoms with E-state index in [4.69, 9.17) is 32.7 Å². The molecule has 8 nitrogen and oxygen atoms in total. The molecule has 0 radical (unpaired) electrons. The van der Waals surface area contributed by atoms with Crippen LogP contribution in [0.2, 0.25) is 0 Å². The topological polar surface area (TPSA) is 117 Å². The fourth-order valence-corrected chi connectivity index (χ4v) is 2.78. The fourth-order valence-electron chi connectivity index (χ4n) is 2.16. The zero-order valence-electron chi connectivity index (χ0n) is 13.2. The second-order valence-electron chi connectivity index (χ2n) is 5.25. The van der Waals surface area contributed by atoms with Crippen molar-refractivity contribution in [3.63, 3.8) is 0 Å². The Labute approximate surface area is 153 Å². The smallest absolute Gasteiger partial charge is 0.273 e. The largest absolute Gasteiger partial charge is 0.395 e. The molecule has 10 heteroatoms. The quantitative estimate of drug-likeness (QED) is 0.405. The van der Waals surface area contributed by atoms with Crippen molar-refractivity contribution in [3.8, 4) is 0 Å². The molecule has 0 aromatic carbocycles. The summed E-state index contributed by atoms with van der Waals surface area (Å²) >= 11 is 8.60. The number of carbonyl (C=O) groups excluding carboxylic acids is 1. The lowest BCUT2D eigenvalue weighted by atomic mass is 10.2. The van der Waals surface area contributed by atoms with E-state index in [9.17, 15) is 4.79 Å². The van der Waals surface area contributed by atoms with Crippen LogP contribution >= 0.6 is 27.5 Å². The molecule has 1 aromatic rings. The van der Waals surface area contributed by atoms with Crippen molar-refractivity contribution in [1.29, 1.82) is 0 Å². The molecule has 0 spiro atoms. The Morgan fingerprint density at radius 3 is 2.92 bits per heavy atom. The summed E-state index contributed by atoms with van der Waals surface area (Å²) in [6.45, 7) is 0.822. The van der Waals surface area contributed by atoms with E-state index in [1.54, 1.807) is 7.05 Å². The van der Waals surface area contributed by atoms with Gasteiger partial charge >= 0.3 is 0 Å². The van der Waals surface area contributed by atoms with Gasteiger partial charge in [0, 0.05) is 13.7 Å². The maximum absolute atomic E-state index is 11.4. The molecule has 1 unspecified atom stereocenters. The predicted octanol–water partition coefficient (Wildman–Crippen LogP) is 1.59. The molecule has 2 rings (SSSR count). The Balaban J connectivity index is 2.23. The van der Waals surface area contributed by atoms with E-state index < -0.39 is 5.24 Å². The molecule has 24 heavy (non-hydrogen) atoms. The number of rotatable bonds is 6. The van der Waals surface area contributed by atoms with Crippen LogP contribution in [-0.2, 0) is 9.47 Å². The highest BCUT2D eigenvalue weighted by atomic mass is 79.9. The van der Waals surface area contributed by atoms with Gasteiger partial charge in [0.05, 0.1) is 24.2 Å². The van der Waals surface area contributed by atoms with Gasteiger partial charge < -0.3 is 20.2 Å². The minimum Gasteiger partial charge on any atom is -0.395 e. The van der Waals surface area contributed by atoms with Crippen molar-refractivity contribution in [2.45, 2.75) is 25.6 Å². The fraction of sp³-hybridized carbons (Fsp3) is 0.500. The van der Waals surface area contributed by atoms with Crippen LogP contribution in [0.1, 0.15) is 35.4 Å². The maximum atomic E-state index is 11.4. The third kappa shape index (κ3) is 4.87. The molecule has 0 saturated carbocycles. The van der Waals surface area contributed by atoms with Crippen molar-refractivity contribution in [2.24, 2.45) is 11.6 Å². The number of halogens is 2. The summed E-state index contributed by atoms with van der Waals surface area (Å²) in [5.74, 6) is 5.84. The minimum absolute atomic E-state index is 0.0207. The molecular formula is C14H19BrClN5O3. The third-order valence-corrected chi connectivity index (χ3v) is 4.23. The first-order valence-electron chi connectivity index (χ1n) is 7.33. The van der Waals surface area contributed by atoms with Crippen LogP contribution in [-0.4, -0.2) is 46.8 Å². The van der Waals surface area contributed by atoms with Crippen LogP contribution < -0.4 is 11.6 Å². The van der Waals surface area contributed by atoms with Crippen LogP contribution in [0.4, 0.5) is 0 Å². The zero-order chi connectivity index (χ0) is 17.7. The van der Waals surface area contributed by atoms with Gasteiger partial charge in [-0.1, -0.05) is 0 Å². The summed E-state index contributed by atoms with van der Waals surface area (Å²) in [5, 5.41) is 0.600. The molecule has 1 aliphatic rings. The first-order chi connectivity index (χ1) is 11.4. The number of hydrazine groups is 1. The van der Waals surface area contributed by atoms with Gasteiger partial charge in [-0.3, -0.25) is 4.79 Å². The van der Waals surface area contributed by atoms with Crippen LogP contribution in [0.25, 0.3) is 5.70 Å². The number of carbonyl (C=O) groups is 1. The molecule has 1 saturated heterocycles. The van der Waals surface area contributed by atoms with Gasteiger partial charge in [-0.15, -0.1) is 0 Å². The molecule has 4 N–H and O–H groups in total. The molecule has 1 atom stereocenters. The number of hydrogen-bond acceptors (Lipinski definition) is 8. The lowest BCUT2D eigenvalue weighted by Crippen LogP contribution is -2.33. The molecule has 1 aliphatic heterocycles. The standard InChI is InChI=1S/C14H19BrClN5O3/c1-21(18)9(7-24-10-4-2-3-5-23-10)11(17)8-6-19-13(15)12(20-8)14(16)22/h6,10H,2-5,7,17-18H2,1H3/b11-9-. The van der Waals surface area contributed by atoms with Crippen LogP contribution in [0.15, 0.2) is 16.5 Å². The zero-order valence-corrected chi connectivity index (χ0v) is 15.5. The average molecular weight is 421 g/mol. The van der Waals surface area contributed by atoms with Gasteiger partial charge in [-0.05, 0) is 46.8 Å². The normalized spacial score (nSPS) is 18.9. The van der Waals surface area contributed by atoms with E-state index in [2.05, 4.69) is 25.9 Å². The number of likely N-dealkylation sites (N-methyl/N-ethyl adjacent to an activating group) is 1. The van der Waals surface area contributed by atoms with E-state index in [0.717, 1.165) is 19.3 Å². The highest BCUT2D eigenvalue weighted by Crippen LogP contribution is 2.20. The molecule has 0 bridgehead atoms. The lowest BCUT2D eigenvalue weighted by Gasteiger charge is -2.25. The minimum atomic E-state index is -0.737. The molecule has 1 fully saturated rings. The average Bonchev–Trinajstić information content (AvgIpc) is 2.55. The summed E-state index contributed by atoms with van der Waals surface area (Å²) in [6.07, 6.45) is 4.05. The van der Waals surface area contributed by atoms with Gasteiger partial charge in [-0.2, -0.15) is 0 Å². The summed E-state index contributed by atoms with van der Waals surface area (Å²) in [5.41, 5.74) is 7.14. The molecule has 1 aromatic heterocycles. The Hall–Kier alpha value is -1.26. The van der Waals surface area contributed by atoms with Crippen molar-refractivity contribution < 1.29 is 14.3 Å². The Morgan fingerprint density at radius 2 is 2.33 bits per heavy atom. The highest BCUT2D eigenvalue weighted by molar-refractivity contribution is 9.10. The molecule has 132 valence electrons. The first kappa shape index (κ1) is 19.1. The monoisotopic (exact) mass is 419 g/mol. The van der Waals surface area contributed by atoms with E-state index in [0.29, 0.717) is 12.3 Å². The Kier molecular flexibility index (Phi) is 6.93. The number of aromatic nitrogens is 2. The SMILES string of the molecule is CN(N)/C(COC1CCCCO1)=C(\N)c1cnc(Br)c(C(=O)Cl)n1. The molecular weight excluding hydrogens is 402 g/mol. The Morgan fingerprint density at radius 1 is 1.58 bits per heavy atom. The van der Waals surface area contributed by atoms with Gasteiger partial charge in [0.15, 0.2) is 12.0 Å². The summed E-state index contributed by atoms with van der Waals surface area (Å²) in [4.78, 5) is 19.5. The van der Waals surface area contributed by atoms with Gasteiger partial charge in [0.25, 0.3) is 5.24 Å². The van der Waals surface area contributed by atoms with E-state index in [1.807, 2.05) is 0 Å². The molecule has 2 heterocycles. The van der Waals surface area contributed by atoms with Crippen molar-refractivity contribution in [1.82, 2.24) is 15.0 Å².